The maximum absolute atomic E-state index is 12.1. The molecule has 0 aliphatic heterocycles. The smallest absolute Gasteiger partial charge is 0.194 e. The van der Waals surface area contributed by atoms with Crippen molar-refractivity contribution >= 4 is 34.7 Å². The third kappa shape index (κ3) is 2.60. The lowest BCUT2D eigenvalue weighted by Crippen LogP contribution is -2.02. The monoisotopic (exact) mass is 265 g/mol. The van der Waals surface area contributed by atoms with Crippen LogP contribution in [0.2, 0.25) is 10.0 Å². The van der Waals surface area contributed by atoms with E-state index in [2.05, 4.69) is 0 Å². The molecule has 0 saturated heterocycles. The number of ketones is 1. The second kappa shape index (κ2) is 4.78. The Labute approximate surface area is 109 Å². The standard InChI is InChI=1S/C13H9Cl2NO/c14-9-4-5-11(12(15)7-9)13(17)8-2-1-3-10(16)6-8/h1-7H,16H2. The van der Waals surface area contributed by atoms with Gasteiger partial charge >= 0.3 is 0 Å². The van der Waals surface area contributed by atoms with E-state index in [0.717, 1.165) is 0 Å². The van der Waals surface area contributed by atoms with Gasteiger partial charge in [-0.05, 0) is 30.3 Å². The molecule has 17 heavy (non-hydrogen) atoms. The molecule has 0 aromatic heterocycles. The van der Waals surface area contributed by atoms with Crippen LogP contribution in [0.5, 0.6) is 0 Å². The van der Waals surface area contributed by atoms with Crippen molar-refractivity contribution in [3.8, 4) is 0 Å². The van der Waals surface area contributed by atoms with Gasteiger partial charge in [-0.2, -0.15) is 0 Å². The van der Waals surface area contributed by atoms with Crippen LogP contribution in [0, 0.1) is 0 Å². The molecule has 0 saturated carbocycles. The zero-order valence-corrected chi connectivity index (χ0v) is 10.3. The van der Waals surface area contributed by atoms with Crippen LogP contribution in [0.4, 0.5) is 5.69 Å². The van der Waals surface area contributed by atoms with Crippen molar-refractivity contribution < 1.29 is 4.79 Å². The van der Waals surface area contributed by atoms with Crippen LogP contribution < -0.4 is 5.73 Å². The number of rotatable bonds is 2. The molecule has 0 amide bonds. The maximum Gasteiger partial charge on any atom is 0.194 e. The topological polar surface area (TPSA) is 43.1 Å². The molecule has 0 bridgehead atoms. The summed E-state index contributed by atoms with van der Waals surface area (Å²) in [5.74, 6) is -0.168. The summed E-state index contributed by atoms with van der Waals surface area (Å²) in [6.07, 6.45) is 0. The fourth-order valence-corrected chi connectivity index (χ4v) is 2.00. The quantitative estimate of drug-likeness (QED) is 0.663. The van der Waals surface area contributed by atoms with Crippen molar-refractivity contribution in [3.05, 3.63) is 63.6 Å². The summed E-state index contributed by atoms with van der Waals surface area (Å²) in [6.45, 7) is 0. The fraction of sp³-hybridized carbons (Fsp3) is 0. The van der Waals surface area contributed by atoms with Gasteiger partial charge in [0, 0.05) is 21.8 Å². The average molecular weight is 266 g/mol. The summed E-state index contributed by atoms with van der Waals surface area (Å²) in [5.41, 5.74) is 7.10. The zero-order chi connectivity index (χ0) is 12.4. The zero-order valence-electron chi connectivity index (χ0n) is 8.78. The average Bonchev–Trinajstić information content (AvgIpc) is 2.28. The second-order valence-electron chi connectivity index (χ2n) is 3.58. The summed E-state index contributed by atoms with van der Waals surface area (Å²) in [6, 6.07) is 11.6. The molecule has 2 nitrogen and oxygen atoms in total. The Morgan fingerprint density at radius 2 is 1.82 bits per heavy atom. The molecule has 2 aromatic rings. The number of carbonyl (C=O) groups excluding carboxylic acids is 1. The number of benzene rings is 2. The van der Waals surface area contributed by atoms with Crippen molar-refractivity contribution in [2.75, 3.05) is 5.73 Å². The summed E-state index contributed by atoms with van der Waals surface area (Å²) in [7, 11) is 0. The van der Waals surface area contributed by atoms with Gasteiger partial charge in [-0.3, -0.25) is 4.79 Å². The maximum atomic E-state index is 12.1. The first-order valence-electron chi connectivity index (χ1n) is 4.93. The third-order valence-corrected chi connectivity index (χ3v) is 2.87. The predicted molar refractivity (Wildman–Crippen MR) is 70.7 cm³/mol. The van der Waals surface area contributed by atoms with E-state index in [0.29, 0.717) is 26.9 Å². The molecule has 0 heterocycles. The molecule has 0 atom stereocenters. The summed E-state index contributed by atoms with van der Waals surface area (Å²) in [5, 5.41) is 0.837. The molecular formula is C13H9Cl2NO. The second-order valence-corrected chi connectivity index (χ2v) is 4.42. The van der Waals surface area contributed by atoms with Crippen molar-refractivity contribution in [2.24, 2.45) is 0 Å². The number of carbonyl (C=O) groups is 1. The molecule has 2 rings (SSSR count). The SMILES string of the molecule is Nc1cccc(C(=O)c2ccc(Cl)cc2Cl)c1. The van der Waals surface area contributed by atoms with E-state index in [1.54, 1.807) is 42.5 Å². The minimum Gasteiger partial charge on any atom is -0.399 e. The lowest BCUT2D eigenvalue weighted by atomic mass is 10.0. The van der Waals surface area contributed by atoms with Gasteiger partial charge in [-0.25, -0.2) is 0 Å². The van der Waals surface area contributed by atoms with Crippen molar-refractivity contribution in [3.63, 3.8) is 0 Å². The Bertz CT molecular complexity index is 581. The van der Waals surface area contributed by atoms with E-state index in [1.807, 2.05) is 0 Å². The van der Waals surface area contributed by atoms with E-state index >= 15 is 0 Å². The summed E-state index contributed by atoms with van der Waals surface area (Å²) < 4.78 is 0. The van der Waals surface area contributed by atoms with E-state index in [-0.39, 0.29) is 5.78 Å². The molecule has 0 aliphatic rings. The first kappa shape index (κ1) is 12.0. The molecule has 2 aromatic carbocycles. The Morgan fingerprint density at radius 3 is 2.47 bits per heavy atom. The fourth-order valence-electron chi connectivity index (χ4n) is 1.51. The highest BCUT2D eigenvalue weighted by Gasteiger charge is 2.13. The first-order valence-corrected chi connectivity index (χ1v) is 5.69. The molecule has 2 N–H and O–H groups in total. The van der Waals surface area contributed by atoms with Gasteiger partial charge in [0.2, 0.25) is 0 Å². The lowest BCUT2D eigenvalue weighted by molar-refractivity contribution is 0.103. The number of anilines is 1. The van der Waals surface area contributed by atoms with Crippen LogP contribution in [0.15, 0.2) is 42.5 Å². The van der Waals surface area contributed by atoms with Crippen LogP contribution >= 0.6 is 23.2 Å². The third-order valence-electron chi connectivity index (χ3n) is 2.32. The highest BCUT2D eigenvalue weighted by atomic mass is 35.5. The number of hydrogen-bond acceptors (Lipinski definition) is 2. The van der Waals surface area contributed by atoms with Crippen molar-refractivity contribution in [2.45, 2.75) is 0 Å². The van der Waals surface area contributed by atoms with Crippen LogP contribution in [0.1, 0.15) is 15.9 Å². The highest BCUT2D eigenvalue weighted by molar-refractivity contribution is 6.37. The molecule has 4 heteroatoms. The highest BCUT2D eigenvalue weighted by Crippen LogP contribution is 2.23. The van der Waals surface area contributed by atoms with E-state index in [1.165, 1.54) is 0 Å². The van der Waals surface area contributed by atoms with E-state index in [9.17, 15) is 4.79 Å². The number of nitrogens with two attached hydrogens (primary N) is 1. The van der Waals surface area contributed by atoms with Gasteiger partial charge in [0.05, 0.1) is 5.02 Å². The normalized spacial score (nSPS) is 10.2. The Hall–Kier alpha value is -1.51. The predicted octanol–water partition coefficient (Wildman–Crippen LogP) is 3.81. The first-order chi connectivity index (χ1) is 8.08. The minimum atomic E-state index is -0.168. The Morgan fingerprint density at radius 1 is 1.06 bits per heavy atom. The van der Waals surface area contributed by atoms with Gasteiger partial charge in [-0.1, -0.05) is 35.3 Å². The van der Waals surface area contributed by atoms with Gasteiger partial charge in [0.25, 0.3) is 0 Å². The van der Waals surface area contributed by atoms with Crippen molar-refractivity contribution in [1.29, 1.82) is 0 Å². The molecule has 0 aliphatic carbocycles. The molecule has 0 radical (unpaired) electrons. The summed E-state index contributed by atoms with van der Waals surface area (Å²) in [4.78, 5) is 12.1. The van der Waals surface area contributed by atoms with E-state index < -0.39 is 0 Å². The lowest BCUT2D eigenvalue weighted by Gasteiger charge is -2.04. The van der Waals surface area contributed by atoms with Crippen LogP contribution in [-0.2, 0) is 0 Å². The number of nitrogen functional groups attached to an aromatic ring is 1. The Kier molecular flexibility index (Phi) is 3.36. The van der Waals surface area contributed by atoms with Crippen LogP contribution in [0.25, 0.3) is 0 Å². The molecular weight excluding hydrogens is 257 g/mol. The largest absolute Gasteiger partial charge is 0.399 e. The minimum absolute atomic E-state index is 0.168. The van der Waals surface area contributed by atoms with Gasteiger partial charge < -0.3 is 5.73 Å². The molecule has 0 spiro atoms. The van der Waals surface area contributed by atoms with Gasteiger partial charge in [0.1, 0.15) is 0 Å². The van der Waals surface area contributed by atoms with E-state index in [4.69, 9.17) is 28.9 Å². The Balaban J connectivity index is 2.44. The molecule has 0 fully saturated rings. The number of halogens is 2. The van der Waals surface area contributed by atoms with Gasteiger partial charge in [0.15, 0.2) is 5.78 Å². The van der Waals surface area contributed by atoms with Gasteiger partial charge in [-0.15, -0.1) is 0 Å². The molecule has 86 valence electrons. The van der Waals surface area contributed by atoms with Crippen LogP contribution in [0.3, 0.4) is 0 Å². The van der Waals surface area contributed by atoms with Crippen molar-refractivity contribution in [1.82, 2.24) is 0 Å². The summed E-state index contributed by atoms with van der Waals surface area (Å²) >= 11 is 11.8. The number of hydrogen-bond donors (Lipinski definition) is 1. The molecule has 0 unspecified atom stereocenters. The van der Waals surface area contributed by atoms with Crippen LogP contribution in [-0.4, -0.2) is 5.78 Å².